The van der Waals surface area contributed by atoms with Gasteiger partial charge in [-0.05, 0) is 48.4 Å². The maximum Gasteiger partial charge on any atom is 0.251 e. The number of carbonyl (C=O) groups excluding carboxylic acids is 1. The van der Waals surface area contributed by atoms with Crippen molar-refractivity contribution in [2.45, 2.75) is 66.0 Å². The minimum absolute atomic E-state index is 0.138. The summed E-state index contributed by atoms with van der Waals surface area (Å²) in [5.74, 6) is 2.11. The highest BCUT2D eigenvalue weighted by atomic mass is 16.5. The lowest BCUT2D eigenvalue weighted by Gasteiger charge is -2.11. The third kappa shape index (κ3) is 9.18. The average molecular weight is 544 g/mol. The first-order valence-corrected chi connectivity index (χ1v) is 14.1. The van der Waals surface area contributed by atoms with Crippen LogP contribution in [0.1, 0.15) is 74.6 Å². The molecule has 9 heteroatoms. The number of amides is 1. The smallest absolute Gasteiger partial charge is 0.251 e. The van der Waals surface area contributed by atoms with Crippen molar-refractivity contribution in [3.05, 3.63) is 84.1 Å². The molecule has 212 valence electrons. The standard InChI is InChI=1S/C29H35N7O2.C2H6/c1-3-4-5-6-7-16-38-25-13-8-10-22(17-25)19-32-29(37)23-11-9-12-24(18-23)31-20-27-34-35-28(36(27)2)26-14-15-30-21-33-26;1-2/h8-15,17-18,21,31H,3-7,16,19-20H2,1-2H3,(H,32,37);1-2H3. The average Bonchev–Trinajstić information content (AvgIpc) is 3.38. The van der Waals surface area contributed by atoms with Gasteiger partial charge in [-0.25, -0.2) is 9.97 Å². The maximum absolute atomic E-state index is 12.8. The first kappa shape index (κ1) is 30.3. The molecule has 4 aromatic rings. The van der Waals surface area contributed by atoms with Crippen molar-refractivity contribution < 1.29 is 9.53 Å². The summed E-state index contributed by atoms with van der Waals surface area (Å²) in [6.07, 6.45) is 9.19. The van der Waals surface area contributed by atoms with Gasteiger partial charge in [-0.3, -0.25) is 4.79 Å². The van der Waals surface area contributed by atoms with Gasteiger partial charge in [0.25, 0.3) is 5.91 Å². The Balaban J connectivity index is 0.00000216. The van der Waals surface area contributed by atoms with Crippen molar-refractivity contribution in [2.75, 3.05) is 11.9 Å². The molecule has 40 heavy (non-hydrogen) atoms. The minimum Gasteiger partial charge on any atom is -0.494 e. The summed E-state index contributed by atoms with van der Waals surface area (Å²) in [6.45, 7) is 7.81. The highest BCUT2D eigenvalue weighted by Gasteiger charge is 2.12. The minimum atomic E-state index is -0.138. The van der Waals surface area contributed by atoms with E-state index in [9.17, 15) is 4.79 Å². The molecule has 0 bridgehead atoms. The van der Waals surface area contributed by atoms with Gasteiger partial charge in [0, 0.05) is 31.0 Å². The molecular weight excluding hydrogens is 502 g/mol. The Morgan fingerprint density at radius 1 is 0.950 bits per heavy atom. The topological polar surface area (TPSA) is 107 Å². The number of nitrogens with one attached hydrogen (secondary N) is 2. The number of rotatable bonds is 14. The summed E-state index contributed by atoms with van der Waals surface area (Å²) in [5.41, 5.74) is 3.10. The van der Waals surface area contributed by atoms with Gasteiger partial charge in [0.2, 0.25) is 0 Å². The quantitative estimate of drug-likeness (QED) is 0.183. The van der Waals surface area contributed by atoms with Gasteiger partial charge in [0.15, 0.2) is 11.6 Å². The number of hydrogen-bond acceptors (Lipinski definition) is 7. The molecule has 0 radical (unpaired) electrons. The van der Waals surface area contributed by atoms with Gasteiger partial charge in [0.1, 0.15) is 17.8 Å². The van der Waals surface area contributed by atoms with E-state index >= 15 is 0 Å². The van der Waals surface area contributed by atoms with Gasteiger partial charge < -0.3 is 19.9 Å². The zero-order valence-electron chi connectivity index (χ0n) is 24.1. The Kier molecular flexibility index (Phi) is 12.6. The molecule has 0 aliphatic heterocycles. The molecule has 2 aromatic heterocycles. The lowest BCUT2D eigenvalue weighted by Crippen LogP contribution is -2.22. The van der Waals surface area contributed by atoms with E-state index in [1.807, 2.05) is 67.9 Å². The molecule has 4 rings (SSSR count). The van der Waals surface area contributed by atoms with Crippen LogP contribution in [0.5, 0.6) is 5.75 Å². The first-order valence-electron chi connectivity index (χ1n) is 14.1. The normalized spacial score (nSPS) is 10.4. The molecule has 0 unspecified atom stereocenters. The second-order valence-corrected chi connectivity index (χ2v) is 9.12. The summed E-state index contributed by atoms with van der Waals surface area (Å²) < 4.78 is 7.78. The molecule has 2 heterocycles. The van der Waals surface area contributed by atoms with Gasteiger partial charge in [-0.1, -0.05) is 64.7 Å². The zero-order chi connectivity index (χ0) is 28.6. The van der Waals surface area contributed by atoms with E-state index in [0.29, 0.717) is 30.2 Å². The van der Waals surface area contributed by atoms with Crippen LogP contribution in [0, 0.1) is 0 Å². The molecular formula is C31H41N7O2. The molecule has 0 saturated carbocycles. The largest absolute Gasteiger partial charge is 0.494 e. The number of benzene rings is 2. The van der Waals surface area contributed by atoms with E-state index < -0.39 is 0 Å². The number of hydrogen-bond donors (Lipinski definition) is 2. The van der Waals surface area contributed by atoms with Crippen LogP contribution in [-0.4, -0.2) is 37.2 Å². The lowest BCUT2D eigenvalue weighted by atomic mass is 10.1. The molecule has 0 saturated heterocycles. The van der Waals surface area contributed by atoms with Crippen LogP contribution < -0.4 is 15.4 Å². The third-order valence-electron chi connectivity index (χ3n) is 6.22. The molecule has 0 fully saturated rings. The van der Waals surface area contributed by atoms with Crippen LogP contribution in [0.4, 0.5) is 5.69 Å². The van der Waals surface area contributed by atoms with Gasteiger partial charge in [0.05, 0.1) is 13.2 Å². The predicted molar refractivity (Wildman–Crippen MR) is 159 cm³/mol. The molecule has 2 N–H and O–H groups in total. The maximum atomic E-state index is 12.8. The zero-order valence-corrected chi connectivity index (χ0v) is 24.1. The SMILES string of the molecule is CC.CCCCCCCOc1cccc(CNC(=O)c2cccc(NCc3nnc(-c4ccncn4)n3C)c2)c1. The number of nitrogens with zero attached hydrogens (tertiary/aromatic N) is 5. The van der Waals surface area contributed by atoms with Crippen LogP contribution >= 0.6 is 0 Å². The van der Waals surface area contributed by atoms with E-state index in [4.69, 9.17) is 4.74 Å². The van der Waals surface area contributed by atoms with E-state index in [-0.39, 0.29) is 5.91 Å². The lowest BCUT2D eigenvalue weighted by molar-refractivity contribution is 0.0951. The number of aromatic nitrogens is 5. The second kappa shape index (κ2) is 16.6. The highest BCUT2D eigenvalue weighted by molar-refractivity contribution is 5.95. The third-order valence-corrected chi connectivity index (χ3v) is 6.22. The Hall–Kier alpha value is -4.27. The van der Waals surface area contributed by atoms with E-state index in [2.05, 4.69) is 37.7 Å². The molecule has 0 atom stereocenters. The summed E-state index contributed by atoms with van der Waals surface area (Å²) in [7, 11) is 1.89. The monoisotopic (exact) mass is 543 g/mol. The van der Waals surface area contributed by atoms with Crippen LogP contribution in [0.3, 0.4) is 0 Å². The number of ether oxygens (including phenoxy) is 1. The fourth-order valence-electron chi connectivity index (χ4n) is 4.04. The van der Waals surface area contributed by atoms with Crippen molar-refractivity contribution in [3.8, 4) is 17.3 Å². The van der Waals surface area contributed by atoms with Gasteiger partial charge in [-0.2, -0.15) is 0 Å². The van der Waals surface area contributed by atoms with Crippen LogP contribution in [0.25, 0.3) is 11.5 Å². The number of anilines is 1. The Morgan fingerprint density at radius 2 is 1.77 bits per heavy atom. The summed E-state index contributed by atoms with van der Waals surface area (Å²) in [4.78, 5) is 21.0. The van der Waals surface area contributed by atoms with Crippen molar-refractivity contribution >= 4 is 11.6 Å². The first-order chi connectivity index (χ1) is 19.6. The van der Waals surface area contributed by atoms with E-state index in [1.165, 1.54) is 32.0 Å². The molecule has 2 aromatic carbocycles. The van der Waals surface area contributed by atoms with Gasteiger partial charge in [-0.15, -0.1) is 10.2 Å². The molecule has 9 nitrogen and oxygen atoms in total. The fraction of sp³-hybridized carbons (Fsp3) is 0.387. The van der Waals surface area contributed by atoms with Crippen LogP contribution in [0.15, 0.2) is 67.1 Å². The number of unbranched alkanes of at least 4 members (excludes halogenated alkanes) is 4. The van der Waals surface area contributed by atoms with Crippen LogP contribution in [-0.2, 0) is 20.1 Å². The van der Waals surface area contributed by atoms with Crippen molar-refractivity contribution in [1.29, 1.82) is 0 Å². The Morgan fingerprint density at radius 3 is 2.58 bits per heavy atom. The fourth-order valence-corrected chi connectivity index (χ4v) is 4.04. The van der Waals surface area contributed by atoms with Gasteiger partial charge >= 0.3 is 0 Å². The summed E-state index contributed by atoms with van der Waals surface area (Å²) in [6, 6.07) is 17.1. The molecule has 0 spiro atoms. The van der Waals surface area contributed by atoms with Crippen molar-refractivity contribution in [1.82, 2.24) is 30.0 Å². The Bertz CT molecular complexity index is 1310. The molecule has 0 aliphatic carbocycles. The summed E-state index contributed by atoms with van der Waals surface area (Å²) in [5, 5.41) is 14.8. The summed E-state index contributed by atoms with van der Waals surface area (Å²) >= 11 is 0. The van der Waals surface area contributed by atoms with E-state index in [0.717, 1.165) is 35.9 Å². The van der Waals surface area contributed by atoms with E-state index in [1.54, 1.807) is 18.3 Å². The number of carbonyl (C=O) groups is 1. The van der Waals surface area contributed by atoms with Crippen molar-refractivity contribution in [2.24, 2.45) is 7.05 Å². The highest BCUT2D eigenvalue weighted by Crippen LogP contribution is 2.17. The molecule has 1 amide bonds. The van der Waals surface area contributed by atoms with Crippen molar-refractivity contribution in [3.63, 3.8) is 0 Å². The predicted octanol–water partition coefficient (Wildman–Crippen LogP) is 6.19. The van der Waals surface area contributed by atoms with Crippen LogP contribution in [0.2, 0.25) is 0 Å². The molecule has 0 aliphatic rings. The Labute approximate surface area is 237 Å². The second-order valence-electron chi connectivity index (χ2n) is 9.12.